The number of aromatic nitrogens is 2. The topological polar surface area (TPSA) is 131 Å². The molecule has 7 N–H and O–H groups in total. The minimum absolute atomic E-state index is 0.0188. The lowest BCUT2D eigenvalue weighted by Crippen LogP contribution is -2.38. The number of hydrogen-bond donors (Lipinski definition) is 5. The zero-order chi connectivity index (χ0) is 11.6. The van der Waals surface area contributed by atoms with Crippen molar-refractivity contribution in [2.45, 2.75) is 31.8 Å². The largest absolute Gasteiger partial charge is 0.394 e. The summed E-state index contributed by atoms with van der Waals surface area (Å²) in [6.45, 7) is 1.36. The molecular weight excluding hydrogens is 200 g/mol. The van der Waals surface area contributed by atoms with Gasteiger partial charge in [-0.2, -0.15) is 5.10 Å². The summed E-state index contributed by atoms with van der Waals surface area (Å²) < 4.78 is 1.27. The van der Waals surface area contributed by atoms with Gasteiger partial charge in [0.1, 0.15) is 18.0 Å². The van der Waals surface area contributed by atoms with E-state index in [0.717, 1.165) is 0 Å². The Morgan fingerprint density at radius 1 is 1.40 bits per heavy atom. The molecule has 1 aromatic rings. The zero-order valence-corrected chi connectivity index (χ0v) is 8.41. The number of rotatable bonds is 4. The lowest BCUT2D eigenvalue weighted by Gasteiger charge is -2.20. The second-order valence-electron chi connectivity index (χ2n) is 3.47. The van der Waals surface area contributed by atoms with Gasteiger partial charge < -0.3 is 26.8 Å². The Morgan fingerprint density at radius 3 is 2.40 bits per heavy atom. The molecule has 86 valence electrons. The summed E-state index contributed by atoms with van der Waals surface area (Å²) >= 11 is 0. The molecule has 0 radical (unpaired) electrons. The molecule has 7 heteroatoms. The summed E-state index contributed by atoms with van der Waals surface area (Å²) in [5.41, 5.74) is 11.3. The summed E-state index contributed by atoms with van der Waals surface area (Å²) in [7, 11) is 0. The van der Waals surface area contributed by atoms with Crippen LogP contribution in [-0.2, 0) is 6.54 Å². The van der Waals surface area contributed by atoms with E-state index in [1.165, 1.54) is 17.8 Å². The van der Waals surface area contributed by atoms with E-state index in [9.17, 15) is 10.2 Å². The second-order valence-corrected chi connectivity index (χ2v) is 3.47. The highest BCUT2D eigenvalue weighted by Crippen LogP contribution is 2.13. The fraction of sp³-hybridized carbons (Fsp3) is 0.625. The van der Waals surface area contributed by atoms with E-state index in [2.05, 4.69) is 5.10 Å². The number of anilines is 2. The lowest BCUT2D eigenvalue weighted by atomic mass is 10.1. The van der Waals surface area contributed by atoms with E-state index in [1.54, 1.807) is 0 Å². The third-order valence-electron chi connectivity index (χ3n) is 2.16. The Balaban J connectivity index is 2.66. The fourth-order valence-corrected chi connectivity index (χ4v) is 1.16. The van der Waals surface area contributed by atoms with Crippen LogP contribution in [0, 0.1) is 0 Å². The van der Waals surface area contributed by atoms with Crippen molar-refractivity contribution in [3.8, 4) is 0 Å². The molecule has 3 atom stereocenters. The Morgan fingerprint density at radius 2 is 2.00 bits per heavy atom. The van der Waals surface area contributed by atoms with Crippen molar-refractivity contribution < 1.29 is 15.3 Å². The van der Waals surface area contributed by atoms with Gasteiger partial charge in [0.2, 0.25) is 0 Å². The quantitative estimate of drug-likeness (QED) is 0.401. The summed E-state index contributed by atoms with van der Waals surface area (Å²) in [6.07, 6.45) is -2.05. The molecule has 15 heavy (non-hydrogen) atoms. The van der Waals surface area contributed by atoms with E-state index in [0.29, 0.717) is 5.69 Å². The van der Waals surface area contributed by atoms with Crippen LogP contribution in [0.1, 0.15) is 6.92 Å². The molecule has 0 aliphatic heterocycles. The van der Waals surface area contributed by atoms with Crippen LogP contribution in [-0.4, -0.2) is 43.4 Å². The number of nitrogens with two attached hydrogens (primary N) is 2. The predicted molar refractivity (Wildman–Crippen MR) is 54.7 cm³/mol. The molecule has 0 fully saturated rings. The van der Waals surface area contributed by atoms with Crippen LogP contribution in [0.5, 0.6) is 0 Å². The Bertz CT molecular complexity index is 326. The molecule has 1 heterocycles. The Hall–Kier alpha value is -1.31. The van der Waals surface area contributed by atoms with Crippen molar-refractivity contribution in [3.63, 3.8) is 0 Å². The van der Waals surface area contributed by atoms with E-state index >= 15 is 0 Å². The van der Waals surface area contributed by atoms with Gasteiger partial charge in [0.25, 0.3) is 0 Å². The van der Waals surface area contributed by atoms with E-state index in [-0.39, 0.29) is 12.4 Å². The van der Waals surface area contributed by atoms with Gasteiger partial charge in [-0.1, -0.05) is 0 Å². The lowest BCUT2D eigenvalue weighted by molar-refractivity contribution is -0.0582. The van der Waals surface area contributed by atoms with Crippen LogP contribution in [0.4, 0.5) is 11.5 Å². The SMILES string of the molecule is CC(O)C(O)C(O)Cn1ncc(N)c1N. The van der Waals surface area contributed by atoms with Crippen molar-refractivity contribution in [3.05, 3.63) is 6.20 Å². The molecule has 0 spiro atoms. The summed E-state index contributed by atoms with van der Waals surface area (Å²) in [5, 5.41) is 31.7. The van der Waals surface area contributed by atoms with Crippen LogP contribution in [0.2, 0.25) is 0 Å². The third kappa shape index (κ3) is 2.58. The molecule has 7 nitrogen and oxygen atoms in total. The normalized spacial score (nSPS) is 17.3. The first-order chi connectivity index (χ1) is 6.93. The molecule has 0 bridgehead atoms. The Labute approximate surface area is 86.9 Å². The van der Waals surface area contributed by atoms with Crippen molar-refractivity contribution in [1.29, 1.82) is 0 Å². The molecule has 0 saturated carbocycles. The highest BCUT2D eigenvalue weighted by atomic mass is 16.4. The van der Waals surface area contributed by atoms with Crippen molar-refractivity contribution in [1.82, 2.24) is 9.78 Å². The van der Waals surface area contributed by atoms with Crippen LogP contribution in [0.15, 0.2) is 6.20 Å². The maximum absolute atomic E-state index is 9.51. The van der Waals surface area contributed by atoms with Crippen molar-refractivity contribution in [2.24, 2.45) is 0 Å². The first-order valence-electron chi connectivity index (χ1n) is 4.54. The molecule has 0 aromatic carbocycles. The molecule has 0 saturated heterocycles. The first kappa shape index (κ1) is 11.8. The highest BCUT2D eigenvalue weighted by molar-refractivity contribution is 5.56. The molecule has 0 amide bonds. The smallest absolute Gasteiger partial charge is 0.145 e. The maximum Gasteiger partial charge on any atom is 0.145 e. The van der Waals surface area contributed by atoms with Crippen LogP contribution in [0.3, 0.4) is 0 Å². The van der Waals surface area contributed by atoms with Crippen molar-refractivity contribution in [2.75, 3.05) is 11.5 Å². The second kappa shape index (κ2) is 4.47. The summed E-state index contributed by atoms with van der Waals surface area (Å²) in [5.74, 6) is 0.229. The van der Waals surface area contributed by atoms with Gasteiger partial charge in [-0.15, -0.1) is 0 Å². The van der Waals surface area contributed by atoms with Gasteiger partial charge in [0, 0.05) is 0 Å². The number of hydrogen-bond acceptors (Lipinski definition) is 6. The summed E-state index contributed by atoms with van der Waals surface area (Å²) in [6, 6.07) is 0. The fourth-order valence-electron chi connectivity index (χ4n) is 1.16. The molecule has 3 unspecified atom stereocenters. The average molecular weight is 216 g/mol. The van der Waals surface area contributed by atoms with Gasteiger partial charge in [-0.3, -0.25) is 0 Å². The number of nitrogen functional groups attached to an aromatic ring is 2. The molecule has 1 rings (SSSR count). The zero-order valence-electron chi connectivity index (χ0n) is 8.41. The number of aliphatic hydroxyl groups is 3. The van der Waals surface area contributed by atoms with E-state index in [4.69, 9.17) is 16.6 Å². The average Bonchev–Trinajstić information content (AvgIpc) is 2.48. The van der Waals surface area contributed by atoms with Crippen LogP contribution in [0.25, 0.3) is 0 Å². The molecule has 0 aliphatic rings. The van der Waals surface area contributed by atoms with Crippen LogP contribution < -0.4 is 11.5 Å². The minimum Gasteiger partial charge on any atom is -0.394 e. The molecule has 1 aromatic heterocycles. The number of aliphatic hydroxyl groups excluding tert-OH is 3. The highest BCUT2D eigenvalue weighted by Gasteiger charge is 2.22. The summed E-state index contributed by atoms with van der Waals surface area (Å²) in [4.78, 5) is 0. The van der Waals surface area contributed by atoms with E-state index < -0.39 is 18.3 Å². The van der Waals surface area contributed by atoms with Gasteiger partial charge in [-0.05, 0) is 6.92 Å². The van der Waals surface area contributed by atoms with Crippen LogP contribution >= 0.6 is 0 Å². The number of nitrogens with zero attached hydrogens (tertiary/aromatic N) is 2. The molecular formula is C8H16N4O3. The van der Waals surface area contributed by atoms with Gasteiger partial charge in [0.05, 0.1) is 24.5 Å². The van der Waals surface area contributed by atoms with E-state index in [1.807, 2.05) is 0 Å². The Kier molecular flexibility index (Phi) is 3.51. The predicted octanol–water partition coefficient (Wildman–Crippen LogP) is -1.85. The minimum atomic E-state index is -1.24. The molecule has 0 aliphatic carbocycles. The maximum atomic E-state index is 9.51. The first-order valence-corrected chi connectivity index (χ1v) is 4.54. The standard InChI is InChI=1S/C8H16N4O3/c1-4(13)7(15)6(14)3-12-8(10)5(9)2-11-12/h2,4,6-7,13-15H,3,9-10H2,1H3. The monoisotopic (exact) mass is 216 g/mol. The van der Waals surface area contributed by atoms with Crippen molar-refractivity contribution >= 4 is 11.5 Å². The van der Waals surface area contributed by atoms with Gasteiger partial charge in [0.15, 0.2) is 0 Å². The van der Waals surface area contributed by atoms with Gasteiger partial charge >= 0.3 is 0 Å². The third-order valence-corrected chi connectivity index (χ3v) is 2.16. The van der Waals surface area contributed by atoms with Gasteiger partial charge in [-0.25, -0.2) is 4.68 Å².